The van der Waals surface area contributed by atoms with Gasteiger partial charge in [-0.15, -0.1) is 0 Å². The summed E-state index contributed by atoms with van der Waals surface area (Å²) in [6, 6.07) is 26.0. The Hall–Kier alpha value is -3.78. The molecule has 6 rings (SSSR count). The summed E-state index contributed by atoms with van der Waals surface area (Å²) in [6.45, 7) is 0. The first kappa shape index (κ1) is 15.3. The third-order valence-electron chi connectivity index (χ3n) is 5.59. The standard InChI is InChI=1S/C26H16N2/c1-4-17-8-10-21-23(19-6-2-12-27-15-19)14-24(20-7-3-13-28-16-20)22-11-9-18(5-1)25(17)26(21)22/h1-16H. The van der Waals surface area contributed by atoms with Crippen molar-refractivity contribution in [3.05, 3.63) is 97.6 Å². The lowest BCUT2D eigenvalue weighted by molar-refractivity contribution is 1.33. The molecule has 0 N–H and O–H groups in total. The number of nitrogens with zero attached hydrogens (tertiary/aromatic N) is 2. The van der Waals surface area contributed by atoms with E-state index in [1.54, 1.807) is 0 Å². The molecular formula is C26H16N2. The highest BCUT2D eigenvalue weighted by Gasteiger charge is 2.16. The second-order valence-electron chi connectivity index (χ2n) is 7.14. The fourth-order valence-electron chi connectivity index (χ4n) is 4.35. The second-order valence-corrected chi connectivity index (χ2v) is 7.14. The molecule has 0 fully saturated rings. The maximum Gasteiger partial charge on any atom is 0.0346 e. The van der Waals surface area contributed by atoms with Gasteiger partial charge in [0, 0.05) is 35.9 Å². The van der Waals surface area contributed by atoms with E-state index in [1.165, 1.54) is 43.4 Å². The van der Waals surface area contributed by atoms with E-state index in [9.17, 15) is 0 Å². The van der Waals surface area contributed by atoms with Crippen LogP contribution in [-0.4, -0.2) is 9.97 Å². The molecule has 0 aliphatic heterocycles. The molecule has 0 atom stereocenters. The Labute approximate surface area is 162 Å². The van der Waals surface area contributed by atoms with Gasteiger partial charge in [0.2, 0.25) is 0 Å². The quantitative estimate of drug-likeness (QED) is 0.322. The highest BCUT2D eigenvalue weighted by atomic mass is 14.6. The fraction of sp³-hybridized carbons (Fsp3) is 0. The molecule has 0 spiro atoms. The number of hydrogen-bond acceptors (Lipinski definition) is 2. The highest BCUT2D eigenvalue weighted by molar-refractivity contribution is 6.28. The minimum absolute atomic E-state index is 1.13. The molecule has 2 heterocycles. The van der Waals surface area contributed by atoms with Crippen LogP contribution in [0.15, 0.2) is 97.6 Å². The molecule has 0 saturated carbocycles. The van der Waals surface area contributed by atoms with Crippen molar-refractivity contribution in [2.45, 2.75) is 0 Å². The Morgan fingerprint density at radius 2 is 1.07 bits per heavy atom. The molecule has 4 aromatic carbocycles. The van der Waals surface area contributed by atoms with Gasteiger partial charge >= 0.3 is 0 Å². The summed E-state index contributed by atoms with van der Waals surface area (Å²) >= 11 is 0. The summed E-state index contributed by atoms with van der Waals surface area (Å²) in [4.78, 5) is 8.72. The van der Waals surface area contributed by atoms with Gasteiger partial charge < -0.3 is 0 Å². The van der Waals surface area contributed by atoms with Gasteiger partial charge in [0.25, 0.3) is 0 Å². The van der Waals surface area contributed by atoms with Crippen molar-refractivity contribution >= 4 is 32.3 Å². The van der Waals surface area contributed by atoms with E-state index in [1.807, 2.05) is 36.9 Å². The summed E-state index contributed by atoms with van der Waals surface area (Å²) < 4.78 is 0. The van der Waals surface area contributed by atoms with E-state index in [-0.39, 0.29) is 0 Å². The number of hydrogen-bond donors (Lipinski definition) is 0. The Morgan fingerprint density at radius 3 is 1.57 bits per heavy atom. The molecule has 2 nitrogen and oxygen atoms in total. The van der Waals surface area contributed by atoms with Gasteiger partial charge in [-0.25, -0.2) is 0 Å². The molecule has 130 valence electrons. The Balaban J connectivity index is 1.86. The number of benzene rings is 4. The van der Waals surface area contributed by atoms with E-state index < -0.39 is 0 Å². The van der Waals surface area contributed by atoms with Crippen LogP contribution >= 0.6 is 0 Å². The van der Waals surface area contributed by atoms with Gasteiger partial charge in [0.05, 0.1) is 0 Å². The summed E-state index contributed by atoms with van der Waals surface area (Å²) in [5, 5.41) is 7.72. The van der Waals surface area contributed by atoms with Crippen molar-refractivity contribution in [1.82, 2.24) is 9.97 Å². The molecule has 0 unspecified atom stereocenters. The Bertz CT molecular complexity index is 1330. The Morgan fingerprint density at radius 1 is 0.500 bits per heavy atom. The fourth-order valence-corrected chi connectivity index (χ4v) is 4.35. The van der Waals surface area contributed by atoms with Crippen molar-refractivity contribution < 1.29 is 0 Å². The summed E-state index contributed by atoms with van der Waals surface area (Å²) in [5.74, 6) is 0. The molecule has 0 radical (unpaired) electrons. The van der Waals surface area contributed by atoms with Gasteiger partial charge in [0.15, 0.2) is 0 Å². The van der Waals surface area contributed by atoms with Gasteiger partial charge in [-0.2, -0.15) is 0 Å². The van der Waals surface area contributed by atoms with Crippen LogP contribution in [0.5, 0.6) is 0 Å². The van der Waals surface area contributed by atoms with Gasteiger partial charge in [-0.05, 0) is 61.6 Å². The largest absolute Gasteiger partial charge is 0.264 e. The van der Waals surface area contributed by atoms with Crippen LogP contribution in [0.4, 0.5) is 0 Å². The second kappa shape index (κ2) is 5.86. The van der Waals surface area contributed by atoms with Crippen LogP contribution in [0.25, 0.3) is 54.6 Å². The first-order chi connectivity index (χ1) is 13.9. The lowest BCUT2D eigenvalue weighted by Gasteiger charge is -2.17. The van der Waals surface area contributed by atoms with Gasteiger partial charge in [-0.3, -0.25) is 9.97 Å². The first-order valence-electron chi connectivity index (χ1n) is 9.41. The van der Waals surface area contributed by atoms with Crippen LogP contribution in [0.2, 0.25) is 0 Å². The smallest absolute Gasteiger partial charge is 0.0346 e. The highest BCUT2D eigenvalue weighted by Crippen LogP contribution is 2.43. The third kappa shape index (κ3) is 2.15. The zero-order valence-corrected chi connectivity index (χ0v) is 15.1. The molecule has 28 heavy (non-hydrogen) atoms. The van der Waals surface area contributed by atoms with Crippen LogP contribution < -0.4 is 0 Å². The van der Waals surface area contributed by atoms with Crippen molar-refractivity contribution in [3.8, 4) is 22.3 Å². The van der Waals surface area contributed by atoms with Crippen LogP contribution in [0.1, 0.15) is 0 Å². The van der Waals surface area contributed by atoms with E-state index in [0.29, 0.717) is 0 Å². The minimum atomic E-state index is 1.13. The molecule has 2 aromatic heterocycles. The van der Waals surface area contributed by atoms with Crippen molar-refractivity contribution in [1.29, 1.82) is 0 Å². The molecule has 0 saturated heterocycles. The SMILES string of the molecule is c1cncc(-c2cc(-c3cccnc3)c3ccc4cccc5ccc2c3c54)c1. The molecule has 6 aromatic rings. The van der Waals surface area contributed by atoms with E-state index in [2.05, 4.69) is 70.6 Å². The minimum Gasteiger partial charge on any atom is -0.264 e. The summed E-state index contributed by atoms with van der Waals surface area (Å²) in [7, 11) is 0. The monoisotopic (exact) mass is 356 g/mol. The average Bonchev–Trinajstić information content (AvgIpc) is 2.78. The number of rotatable bonds is 2. The summed E-state index contributed by atoms with van der Waals surface area (Å²) in [6.07, 6.45) is 7.53. The van der Waals surface area contributed by atoms with E-state index in [0.717, 1.165) is 11.1 Å². The zero-order valence-electron chi connectivity index (χ0n) is 15.1. The lowest BCUT2D eigenvalue weighted by atomic mass is 9.86. The predicted molar refractivity (Wildman–Crippen MR) is 117 cm³/mol. The van der Waals surface area contributed by atoms with Crippen LogP contribution in [0.3, 0.4) is 0 Å². The number of aromatic nitrogens is 2. The molecule has 0 amide bonds. The molecule has 0 bridgehead atoms. The normalized spacial score (nSPS) is 11.6. The van der Waals surface area contributed by atoms with Crippen molar-refractivity contribution in [2.75, 3.05) is 0 Å². The maximum atomic E-state index is 4.36. The molecule has 0 aliphatic carbocycles. The van der Waals surface area contributed by atoms with E-state index >= 15 is 0 Å². The maximum absolute atomic E-state index is 4.36. The summed E-state index contributed by atoms with van der Waals surface area (Å²) in [5.41, 5.74) is 4.67. The van der Waals surface area contributed by atoms with E-state index in [4.69, 9.17) is 0 Å². The van der Waals surface area contributed by atoms with Crippen molar-refractivity contribution in [2.24, 2.45) is 0 Å². The molecule has 0 aliphatic rings. The predicted octanol–water partition coefficient (Wildman–Crippen LogP) is 6.71. The molecule has 2 heteroatoms. The third-order valence-corrected chi connectivity index (χ3v) is 5.59. The first-order valence-corrected chi connectivity index (χ1v) is 9.41. The van der Waals surface area contributed by atoms with Crippen LogP contribution in [-0.2, 0) is 0 Å². The van der Waals surface area contributed by atoms with Gasteiger partial charge in [-0.1, -0.05) is 54.6 Å². The van der Waals surface area contributed by atoms with Gasteiger partial charge in [0.1, 0.15) is 0 Å². The lowest BCUT2D eigenvalue weighted by Crippen LogP contribution is -1.91. The number of pyridine rings is 2. The Kier molecular flexibility index (Phi) is 3.20. The van der Waals surface area contributed by atoms with Crippen molar-refractivity contribution in [3.63, 3.8) is 0 Å². The topological polar surface area (TPSA) is 25.8 Å². The van der Waals surface area contributed by atoms with Crippen LogP contribution in [0, 0.1) is 0 Å². The molecular weight excluding hydrogens is 340 g/mol. The average molecular weight is 356 g/mol. The zero-order chi connectivity index (χ0) is 18.5.